The van der Waals surface area contributed by atoms with Gasteiger partial charge in [-0.3, -0.25) is 0 Å². The zero-order chi connectivity index (χ0) is 11.5. The molecule has 1 saturated carbocycles. The Hall–Kier alpha value is -1.12. The molecule has 0 bridgehead atoms. The Morgan fingerprint density at radius 2 is 2.00 bits per heavy atom. The Bertz CT molecular complexity index is 349. The Balaban J connectivity index is 1.96. The molecule has 0 radical (unpaired) electrons. The van der Waals surface area contributed by atoms with Crippen molar-refractivity contribution in [3.05, 3.63) is 18.3 Å². The fraction of sp³-hybridized carbons (Fsp3) is 0.692. The molecule has 88 valence electrons. The van der Waals surface area contributed by atoms with E-state index in [1.54, 1.807) is 6.08 Å². The molecule has 0 unspecified atom stereocenters. The third-order valence-corrected chi connectivity index (χ3v) is 3.71. The van der Waals surface area contributed by atoms with Gasteiger partial charge in [0.25, 0.3) is 0 Å². The molecule has 3 nitrogen and oxygen atoms in total. The lowest BCUT2D eigenvalue weighted by Crippen LogP contribution is -2.18. The van der Waals surface area contributed by atoms with Gasteiger partial charge in [-0.05, 0) is 43.6 Å². The van der Waals surface area contributed by atoms with Gasteiger partial charge in [-0.2, -0.15) is 4.98 Å². The molecule has 2 rings (SSSR count). The van der Waals surface area contributed by atoms with E-state index in [1.165, 1.54) is 25.7 Å². The van der Waals surface area contributed by atoms with Gasteiger partial charge in [0.1, 0.15) is 0 Å². The molecular formula is C13H20N2O. The van der Waals surface area contributed by atoms with Crippen molar-refractivity contribution < 1.29 is 4.52 Å². The molecule has 1 aliphatic rings. The van der Waals surface area contributed by atoms with Crippen LogP contribution in [0.15, 0.2) is 11.1 Å². The van der Waals surface area contributed by atoms with Gasteiger partial charge in [-0.15, -0.1) is 0 Å². The highest BCUT2D eigenvalue weighted by Gasteiger charge is 2.26. The van der Waals surface area contributed by atoms with Gasteiger partial charge in [0, 0.05) is 5.92 Å². The summed E-state index contributed by atoms with van der Waals surface area (Å²) in [6.45, 7) is 8.26. The van der Waals surface area contributed by atoms with Crippen LogP contribution in [0.25, 0.3) is 6.08 Å². The van der Waals surface area contributed by atoms with Crippen LogP contribution < -0.4 is 0 Å². The van der Waals surface area contributed by atoms with E-state index in [4.69, 9.17) is 4.52 Å². The molecular weight excluding hydrogens is 200 g/mol. The molecule has 0 saturated heterocycles. The van der Waals surface area contributed by atoms with Gasteiger partial charge in [-0.25, -0.2) is 0 Å². The first kappa shape index (κ1) is 11.4. The second kappa shape index (κ2) is 4.81. The number of rotatable bonds is 3. The highest BCUT2D eigenvalue weighted by Crippen LogP contribution is 2.37. The van der Waals surface area contributed by atoms with Crippen LogP contribution in [-0.4, -0.2) is 10.1 Å². The molecule has 0 amide bonds. The molecule has 1 heterocycles. The van der Waals surface area contributed by atoms with Crippen molar-refractivity contribution in [3.8, 4) is 0 Å². The van der Waals surface area contributed by atoms with Gasteiger partial charge in [0.2, 0.25) is 5.89 Å². The van der Waals surface area contributed by atoms with Crippen molar-refractivity contribution in [2.24, 2.45) is 11.8 Å². The molecule has 1 aromatic heterocycles. The van der Waals surface area contributed by atoms with Crippen molar-refractivity contribution in [2.75, 3.05) is 0 Å². The SMILES string of the molecule is C=Cc1nc(C2CCC(C(C)C)CC2)no1. The Morgan fingerprint density at radius 1 is 1.31 bits per heavy atom. The Morgan fingerprint density at radius 3 is 2.50 bits per heavy atom. The largest absolute Gasteiger partial charge is 0.335 e. The van der Waals surface area contributed by atoms with Crippen LogP contribution in [0.1, 0.15) is 57.2 Å². The summed E-state index contributed by atoms with van der Waals surface area (Å²) in [5.74, 6) is 3.59. The molecule has 1 fully saturated rings. The van der Waals surface area contributed by atoms with Crippen molar-refractivity contribution in [1.29, 1.82) is 0 Å². The topological polar surface area (TPSA) is 38.9 Å². The molecule has 0 atom stereocenters. The smallest absolute Gasteiger partial charge is 0.250 e. The maximum absolute atomic E-state index is 5.06. The average molecular weight is 220 g/mol. The zero-order valence-corrected chi connectivity index (χ0v) is 10.1. The molecule has 0 aromatic carbocycles. The number of nitrogens with zero attached hydrogens (tertiary/aromatic N) is 2. The third kappa shape index (κ3) is 2.34. The van der Waals surface area contributed by atoms with Crippen molar-refractivity contribution >= 4 is 6.08 Å². The fourth-order valence-corrected chi connectivity index (χ4v) is 2.54. The molecule has 1 aliphatic carbocycles. The van der Waals surface area contributed by atoms with Crippen LogP contribution in [0.2, 0.25) is 0 Å². The second-order valence-corrected chi connectivity index (χ2v) is 5.05. The zero-order valence-electron chi connectivity index (χ0n) is 10.1. The minimum Gasteiger partial charge on any atom is -0.335 e. The van der Waals surface area contributed by atoms with E-state index in [0.717, 1.165) is 17.7 Å². The van der Waals surface area contributed by atoms with E-state index in [0.29, 0.717) is 11.8 Å². The first-order chi connectivity index (χ1) is 7.70. The minimum atomic E-state index is 0.493. The van der Waals surface area contributed by atoms with Crippen LogP contribution in [0.4, 0.5) is 0 Å². The van der Waals surface area contributed by atoms with E-state index in [1.807, 2.05) is 0 Å². The summed E-state index contributed by atoms with van der Waals surface area (Å²) in [5, 5.41) is 4.02. The normalized spacial score (nSPS) is 25.9. The van der Waals surface area contributed by atoms with Crippen molar-refractivity contribution in [1.82, 2.24) is 10.1 Å². The molecule has 1 aromatic rings. The Kier molecular flexibility index (Phi) is 3.42. The molecule has 3 heteroatoms. The summed E-state index contributed by atoms with van der Waals surface area (Å²) < 4.78 is 5.06. The third-order valence-electron chi connectivity index (χ3n) is 3.71. The lowest BCUT2D eigenvalue weighted by atomic mass is 9.77. The first-order valence-electron chi connectivity index (χ1n) is 6.16. The van der Waals surface area contributed by atoms with Gasteiger partial charge in [-0.1, -0.05) is 25.6 Å². The summed E-state index contributed by atoms with van der Waals surface area (Å²) in [6.07, 6.45) is 6.58. The number of aromatic nitrogens is 2. The van der Waals surface area contributed by atoms with Gasteiger partial charge in [0.15, 0.2) is 5.82 Å². The first-order valence-corrected chi connectivity index (χ1v) is 6.16. The van der Waals surface area contributed by atoms with Gasteiger partial charge >= 0.3 is 0 Å². The molecule has 0 aliphatic heterocycles. The molecule has 16 heavy (non-hydrogen) atoms. The summed E-state index contributed by atoms with van der Waals surface area (Å²) in [7, 11) is 0. The average Bonchev–Trinajstić information content (AvgIpc) is 2.77. The summed E-state index contributed by atoms with van der Waals surface area (Å²) in [5.41, 5.74) is 0. The minimum absolute atomic E-state index is 0.493. The van der Waals surface area contributed by atoms with Gasteiger partial charge in [0.05, 0.1) is 0 Å². The maximum atomic E-state index is 5.06. The lowest BCUT2D eigenvalue weighted by molar-refractivity contribution is 0.252. The van der Waals surface area contributed by atoms with Crippen molar-refractivity contribution in [2.45, 2.75) is 45.4 Å². The molecule has 0 spiro atoms. The summed E-state index contributed by atoms with van der Waals surface area (Å²) in [6, 6.07) is 0. The van der Waals surface area contributed by atoms with Gasteiger partial charge < -0.3 is 4.52 Å². The number of hydrogen-bond acceptors (Lipinski definition) is 3. The predicted molar refractivity (Wildman–Crippen MR) is 63.9 cm³/mol. The highest BCUT2D eigenvalue weighted by molar-refractivity contribution is 5.32. The monoisotopic (exact) mass is 220 g/mol. The van der Waals surface area contributed by atoms with Crippen LogP contribution in [0.5, 0.6) is 0 Å². The molecule has 0 N–H and O–H groups in total. The van der Waals surface area contributed by atoms with E-state index < -0.39 is 0 Å². The van der Waals surface area contributed by atoms with E-state index >= 15 is 0 Å². The predicted octanol–water partition coefficient (Wildman–Crippen LogP) is 3.64. The number of hydrogen-bond donors (Lipinski definition) is 0. The van der Waals surface area contributed by atoms with Crippen LogP contribution in [-0.2, 0) is 0 Å². The van der Waals surface area contributed by atoms with Crippen LogP contribution in [0.3, 0.4) is 0 Å². The van der Waals surface area contributed by atoms with E-state index in [9.17, 15) is 0 Å². The highest BCUT2D eigenvalue weighted by atomic mass is 16.5. The van der Waals surface area contributed by atoms with Crippen LogP contribution in [0, 0.1) is 11.8 Å². The summed E-state index contributed by atoms with van der Waals surface area (Å²) in [4.78, 5) is 4.33. The van der Waals surface area contributed by atoms with Crippen LogP contribution >= 0.6 is 0 Å². The second-order valence-electron chi connectivity index (χ2n) is 5.05. The van der Waals surface area contributed by atoms with Crippen molar-refractivity contribution in [3.63, 3.8) is 0 Å². The summed E-state index contributed by atoms with van der Waals surface area (Å²) >= 11 is 0. The Labute approximate surface area is 96.9 Å². The maximum Gasteiger partial charge on any atom is 0.250 e. The van der Waals surface area contributed by atoms with E-state index in [-0.39, 0.29) is 0 Å². The fourth-order valence-electron chi connectivity index (χ4n) is 2.54. The van der Waals surface area contributed by atoms with E-state index in [2.05, 4.69) is 30.6 Å². The lowest BCUT2D eigenvalue weighted by Gasteiger charge is -2.29. The standard InChI is InChI=1S/C13H20N2O/c1-4-12-14-13(15-16-12)11-7-5-10(6-8-11)9(2)3/h4,9-11H,1,5-8H2,2-3H3. The quantitative estimate of drug-likeness (QED) is 0.780.